The van der Waals surface area contributed by atoms with Gasteiger partial charge < -0.3 is 5.32 Å². The number of hydrogen-bond acceptors (Lipinski definition) is 2. The number of rotatable bonds is 4. The summed E-state index contributed by atoms with van der Waals surface area (Å²) >= 11 is 5.79. The quantitative estimate of drug-likeness (QED) is 0.870. The van der Waals surface area contributed by atoms with Crippen molar-refractivity contribution in [2.45, 2.75) is 37.6 Å². The van der Waals surface area contributed by atoms with Gasteiger partial charge in [0, 0.05) is 10.5 Å². The molecule has 104 valence electrons. The van der Waals surface area contributed by atoms with Gasteiger partial charge in [-0.2, -0.15) is 11.8 Å². The Kier molecular flexibility index (Phi) is 4.88. The van der Waals surface area contributed by atoms with E-state index >= 15 is 0 Å². The second-order valence-corrected chi connectivity index (χ2v) is 7.93. The lowest BCUT2D eigenvalue weighted by Gasteiger charge is -2.38. The highest BCUT2D eigenvalue weighted by Crippen LogP contribution is 2.40. The van der Waals surface area contributed by atoms with Crippen molar-refractivity contribution in [2.75, 3.05) is 18.1 Å². The Morgan fingerprint density at radius 3 is 2.63 bits per heavy atom. The van der Waals surface area contributed by atoms with Crippen LogP contribution >= 0.6 is 27.7 Å². The van der Waals surface area contributed by atoms with Gasteiger partial charge in [0.1, 0.15) is 0 Å². The summed E-state index contributed by atoms with van der Waals surface area (Å²) in [5.41, 5.74) is 1.50. The van der Waals surface area contributed by atoms with Crippen LogP contribution in [-0.4, -0.2) is 24.1 Å². The first-order valence-electron chi connectivity index (χ1n) is 7.38. The number of nitrogens with one attached hydrogen (secondary N) is 1. The van der Waals surface area contributed by atoms with E-state index in [1.165, 1.54) is 53.8 Å². The predicted molar refractivity (Wildman–Crippen MR) is 88.0 cm³/mol. The molecule has 1 nitrogen and oxygen atoms in total. The average Bonchev–Trinajstić information content (AvgIpc) is 2.40. The van der Waals surface area contributed by atoms with Gasteiger partial charge in [0.15, 0.2) is 0 Å². The molecule has 2 fully saturated rings. The van der Waals surface area contributed by atoms with Crippen molar-refractivity contribution in [2.24, 2.45) is 5.92 Å². The summed E-state index contributed by atoms with van der Waals surface area (Å²) in [7, 11) is 0. The molecule has 2 aliphatic rings. The Morgan fingerprint density at radius 2 is 1.89 bits per heavy atom. The minimum absolute atomic E-state index is 0.756. The Bertz CT molecular complexity index is 411. The van der Waals surface area contributed by atoms with Gasteiger partial charge >= 0.3 is 0 Å². The molecule has 3 heteroatoms. The van der Waals surface area contributed by atoms with E-state index < -0.39 is 0 Å². The molecular formula is C16H22BrNS. The van der Waals surface area contributed by atoms with Gasteiger partial charge in [-0.3, -0.25) is 0 Å². The third-order valence-corrected chi connectivity index (χ3v) is 6.29. The van der Waals surface area contributed by atoms with E-state index in [0.29, 0.717) is 0 Å². The molecule has 1 saturated carbocycles. The maximum absolute atomic E-state index is 3.78. The van der Waals surface area contributed by atoms with Gasteiger partial charge in [-0.05, 0) is 67.2 Å². The Hall–Kier alpha value is 0.01000. The minimum atomic E-state index is 0.756. The van der Waals surface area contributed by atoms with Crippen molar-refractivity contribution in [3.8, 4) is 0 Å². The number of benzene rings is 1. The van der Waals surface area contributed by atoms with Crippen LogP contribution in [0.1, 0.15) is 37.2 Å². The van der Waals surface area contributed by atoms with Gasteiger partial charge in [0.05, 0.1) is 0 Å². The summed E-state index contributed by atoms with van der Waals surface area (Å²) in [6, 6.07) is 9.44. The molecule has 1 saturated heterocycles. The zero-order chi connectivity index (χ0) is 13.1. The van der Waals surface area contributed by atoms with Crippen LogP contribution in [0.5, 0.6) is 0 Å². The van der Waals surface area contributed by atoms with E-state index in [9.17, 15) is 0 Å². The Morgan fingerprint density at radius 1 is 1.16 bits per heavy atom. The molecule has 1 N–H and O–H groups in total. The molecule has 1 aliphatic heterocycles. The fourth-order valence-electron chi connectivity index (χ4n) is 3.13. The largest absolute Gasteiger partial charge is 0.314 e. The summed E-state index contributed by atoms with van der Waals surface area (Å²) < 4.78 is 1.28. The summed E-state index contributed by atoms with van der Waals surface area (Å²) in [6.07, 6.45) is 5.45. The Labute approximate surface area is 129 Å². The molecule has 0 amide bonds. The molecule has 0 radical (unpaired) electrons. The first-order chi connectivity index (χ1) is 9.33. The third kappa shape index (κ3) is 3.56. The topological polar surface area (TPSA) is 12.0 Å². The average molecular weight is 340 g/mol. The van der Waals surface area contributed by atoms with E-state index in [1.54, 1.807) is 0 Å². The lowest BCUT2D eigenvalue weighted by molar-refractivity contribution is 0.271. The van der Waals surface area contributed by atoms with Crippen LogP contribution in [0.25, 0.3) is 0 Å². The Balaban J connectivity index is 1.42. The standard InChI is InChI=1S/C16H22BrNS/c17-16-4-2-1-3-15(16)13-9-14(10-13)18-11-12-5-7-19-8-6-12/h1-4,12-14,18H,5-11H2. The maximum Gasteiger partial charge on any atom is 0.0210 e. The van der Waals surface area contributed by atoms with Crippen molar-refractivity contribution >= 4 is 27.7 Å². The molecule has 0 spiro atoms. The van der Waals surface area contributed by atoms with Crippen molar-refractivity contribution in [3.63, 3.8) is 0 Å². The highest BCUT2D eigenvalue weighted by molar-refractivity contribution is 9.10. The summed E-state index contributed by atoms with van der Waals surface area (Å²) in [5, 5.41) is 3.78. The molecule has 1 aromatic carbocycles. The normalized spacial score (nSPS) is 28.1. The first-order valence-corrected chi connectivity index (χ1v) is 9.33. The van der Waals surface area contributed by atoms with Crippen molar-refractivity contribution < 1.29 is 0 Å². The van der Waals surface area contributed by atoms with Crippen molar-refractivity contribution in [1.29, 1.82) is 0 Å². The van der Waals surface area contributed by atoms with Crippen LogP contribution < -0.4 is 5.32 Å². The fourth-order valence-corrected chi connectivity index (χ4v) is 4.94. The highest BCUT2D eigenvalue weighted by Gasteiger charge is 2.31. The molecule has 0 atom stereocenters. The maximum atomic E-state index is 3.78. The molecule has 3 rings (SSSR count). The molecule has 0 unspecified atom stereocenters. The summed E-state index contributed by atoms with van der Waals surface area (Å²) in [4.78, 5) is 0. The van der Waals surface area contributed by atoms with E-state index in [1.807, 2.05) is 0 Å². The van der Waals surface area contributed by atoms with Crippen LogP contribution in [0, 0.1) is 5.92 Å². The summed E-state index contributed by atoms with van der Waals surface area (Å²) in [5.74, 6) is 4.44. The minimum Gasteiger partial charge on any atom is -0.314 e. The summed E-state index contributed by atoms with van der Waals surface area (Å²) in [6.45, 7) is 1.24. The van der Waals surface area contributed by atoms with Crippen molar-refractivity contribution in [3.05, 3.63) is 34.3 Å². The van der Waals surface area contributed by atoms with E-state index in [0.717, 1.165) is 17.9 Å². The molecular weight excluding hydrogens is 318 g/mol. The smallest absolute Gasteiger partial charge is 0.0210 e. The van der Waals surface area contributed by atoms with E-state index in [4.69, 9.17) is 0 Å². The van der Waals surface area contributed by atoms with Crippen LogP contribution in [0.4, 0.5) is 0 Å². The van der Waals surface area contributed by atoms with Crippen LogP contribution in [-0.2, 0) is 0 Å². The number of hydrogen-bond donors (Lipinski definition) is 1. The number of halogens is 1. The second kappa shape index (κ2) is 6.64. The predicted octanol–water partition coefficient (Wildman–Crippen LogP) is 4.43. The van der Waals surface area contributed by atoms with Crippen LogP contribution in [0.3, 0.4) is 0 Å². The SMILES string of the molecule is Brc1ccccc1C1CC(NCC2CCSCC2)C1. The fraction of sp³-hybridized carbons (Fsp3) is 0.625. The lowest BCUT2D eigenvalue weighted by Crippen LogP contribution is -2.42. The lowest BCUT2D eigenvalue weighted by atomic mass is 9.75. The van der Waals surface area contributed by atoms with Gasteiger partial charge in [0.25, 0.3) is 0 Å². The van der Waals surface area contributed by atoms with Crippen molar-refractivity contribution in [1.82, 2.24) is 5.32 Å². The van der Waals surface area contributed by atoms with Gasteiger partial charge in [0.2, 0.25) is 0 Å². The third-order valence-electron chi connectivity index (χ3n) is 4.52. The molecule has 1 aliphatic carbocycles. The second-order valence-electron chi connectivity index (χ2n) is 5.85. The number of thioether (sulfide) groups is 1. The van der Waals surface area contributed by atoms with Gasteiger partial charge in [-0.1, -0.05) is 34.1 Å². The van der Waals surface area contributed by atoms with Gasteiger partial charge in [-0.25, -0.2) is 0 Å². The van der Waals surface area contributed by atoms with E-state index in [-0.39, 0.29) is 0 Å². The zero-order valence-corrected chi connectivity index (χ0v) is 13.7. The zero-order valence-electron chi connectivity index (χ0n) is 11.3. The van der Waals surface area contributed by atoms with Crippen LogP contribution in [0.15, 0.2) is 28.7 Å². The van der Waals surface area contributed by atoms with E-state index in [2.05, 4.69) is 57.3 Å². The molecule has 0 aromatic heterocycles. The first kappa shape index (κ1) is 14.0. The molecule has 1 aromatic rings. The highest BCUT2D eigenvalue weighted by atomic mass is 79.9. The molecule has 1 heterocycles. The van der Waals surface area contributed by atoms with Crippen LogP contribution in [0.2, 0.25) is 0 Å². The monoisotopic (exact) mass is 339 g/mol. The van der Waals surface area contributed by atoms with Gasteiger partial charge in [-0.15, -0.1) is 0 Å². The molecule has 0 bridgehead atoms. The molecule has 19 heavy (non-hydrogen) atoms.